The molecule has 0 aromatic carbocycles. The van der Waals surface area contributed by atoms with Crippen molar-refractivity contribution in [2.45, 2.75) is 57.0 Å². The molecule has 0 aliphatic carbocycles. The van der Waals surface area contributed by atoms with Gasteiger partial charge in [0.1, 0.15) is 5.82 Å². The minimum absolute atomic E-state index is 0. The zero-order chi connectivity index (χ0) is 19.5. The van der Waals surface area contributed by atoms with Crippen molar-refractivity contribution in [2.24, 2.45) is 18.7 Å². The van der Waals surface area contributed by atoms with Crippen molar-refractivity contribution in [3.8, 4) is 0 Å². The van der Waals surface area contributed by atoms with Crippen LogP contribution in [0.25, 0.3) is 0 Å². The van der Waals surface area contributed by atoms with Crippen LogP contribution in [0.5, 0.6) is 0 Å². The van der Waals surface area contributed by atoms with E-state index < -0.39 is 10.0 Å². The molecule has 0 saturated carbocycles. The number of nitrogens with zero attached hydrogens (tertiary/aromatic N) is 3. The van der Waals surface area contributed by atoms with Gasteiger partial charge in [0.25, 0.3) is 10.0 Å². The molecule has 0 unspecified atom stereocenters. The maximum atomic E-state index is 12.7. The number of carbonyl (C=O) groups excluding carboxylic acids is 1. The van der Waals surface area contributed by atoms with Gasteiger partial charge >= 0.3 is 0 Å². The second-order valence-electron chi connectivity index (χ2n) is 7.20. The minimum Gasteiger partial charge on any atom is -0.354 e. The van der Waals surface area contributed by atoms with Gasteiger partial charge in [-0.05, 0) is 32.6 Å². The molecule has 8 nitrogen and oxygen atoms in total. The van der Waals surface area contributed by atoms with Crippen molar-refractivity contribution in [1.29, 1.82) is 0 Å². The Kier molecular flexibility index (Phi) is 8.28. The molecule has 1 saturated heterocycles. The first-order valence-electron chi connectivity index (χ1n) is 9.19. The first kappa shape index (κ1) is 23.9. The summed E-state index contributed by atoms with van der Waals surface area (Å²) in [7, 11) is -1.84. The number of nitrogens with two attached hydrogens (primary N) is 1. The summed E-state index contributed by atoms with van der Waals surface area (Å²) in [5, 5.41) is 3.01. The van der Waals surface area contributed by atoms with Crippen molar-refractivity contribution in [2.75, 3.05) is 19.6 Å². The molecule has 1 amide bonds. The highest BCUT2D eigenvalue weighted by Crippen LogP contribution is 2.23. The minimum atomic E-state index is -3.61. The van der Waals surface area contributed by atoms with Crippen LogP contribution in [0.15, 0.2) is 11.2 Å². The van der Waals surface area contributed by atoms with Crippen molar-refractivity contribution in [3.63, 3.8) is 0 Å². The van der Waals surface area contributed by atoms with Crippen LogP contribution >= 0.6 is 12.4 Å². The van der Waals surface area contributed by atoms with Crippen LogP contribution in [0.3, 0.4) is 0 Å². The molecule has 1 fully saturated rings. The van der Waals surface area contributed by atoms with Crippen LogP contribution in [-0.2, 0) is 21.9 Å². The third kappa shape index (κ3) is 5.43. The van der Waals surface area contributed by atoms with Crippen LogP contribution < -0.4 is 11.1 Å². The number of carbonyl (C=O) groups is 1. The maximum absolute atomic E-state index is 12.7. The van der Waals surface area contributed by atoms with E-state index in [0.717, 1.165) is 12.8 Å². The number of imidazole rings is 1. The summed E-state index contributed by atoms with van der Waals surface area (Å²) in [6.45, 7) is 6.89. The SMILES string of the molecule is CCC(N)(CC)CNC(=O)C1CCN(S(=O)(=O)c2cn(C)c(C)n2)CC1.Cl. The lowest BCUT2D eigenvalue weighted by atomic mass is 9.93. The summed E-state index contributed by atoms with van der Waals surface area (Å²) in [5.74, 6) is 0.437. The molecule has 0 atom stereocenters. The smallest absolute Gasteiger partial charge is 0.262 e. The Balaban J connectivity index is 0.00000364. The predicted molar refractivity (Wildman–Crippen MR) is 107 cm³/mol. The van der Waals surface area contributed by atoms with Gasteiger partial charge in [-0.1, -0.05) is 13.8 Å². The van der Waals surface area contributed by atoms with Crippen molar-refractivity contribution in [1.82, 2.24) is 19.2 Å². The molecule has 10 heteroatoms. The fraction of sp³-hybridized carbons (Fsp3) is 0.765. The molecule has 1 aliphatic heterocycles. The molecule has 1 aromatic rings. The van der Waals surface area contributed by atoms with Crippen LogP contribution in [0.2, 0.25) is 0 Å². The number of hydrogen-bond acceptors (Lipinski definition) is 5. The van der Waals surface area contributed by atoms with Crippen LogP contribution in [0.4, 0.5) is 0 Å². The maximum Gasteiger partial charge on any atom is 0.262 e. The molecule has 1 aromatic heterocycles. The van der Waals surface area contributed by atoms with Crippen molar-refractivity contribution in [3.05, 3.63) is 12.0 Å². The highest BCUT2D eigenvalue weighted by atomic mass is 35.5. The lowest BCUT2D eigenvalue weighted by Crippen LogP contribution is -2.51. The molecular weight excluding hydrogens is 390 g/mol. The first-order valence-corrected chi connectivity index (χ1v) is 10.6. The van der Waals surface area contributed by atoms with E-state index in [-0.39, 0.29) is 34.8 Å². The Morgan fingerprint density at radius 2 is 1.89 bits per heavy atom. The summed E-state index contributed by atoms with van der Waals surface area (Å²) < 4.78 is 28.5. The molecule has 3 N–H and O–H groups in total. The average molecular weight is 422 g/mol. The predicted octanol–water partition coefficient (Wildman–Crippen LogP) is 1.18. The molecule has 0 bridgehead atoms. The zero-order valence-corrected chi connectivity index (χ0v) is 18.2. The molecule has 27 heavy (non-hydrogen) atoms. The standard InChI is InChI=1S/C17H31N5O3S.ClH/c1-5-17(18,6-2)12-19-16(23)14-7-9-22(10-8-14)26(24,25)15-11-21(4)13(3)20-15;/h11,14H,5-10,12,18H2,1-4H3,(H,19,23);1H. The summed E-state index contributed by atoms with van der Waals surface area (Å²) in [6.07, 6.45) is 4.13. The topological polar surface area (TPSA) is 110 Å². The summed E-state index contributed by atoms with van der Waals surface area (Å²) in [5.41, 5.74) is 5.84. The highest BCUT2D eigenvalue weighted by Gasteiger charge is 2.34. The van der Waals surface area contributed by atoms with Gasteiger partial charge < -0.3 is 15.6 Å². The van der Waals surface area contributed by atoms with Gasteiger partial charge in [0, 0.05) is 44.3 Å². The second kappa shape index (κ2) is 9.36. The Labute approximate surface area is 168 Å². The van der Waals surface area contributed by atoms with Gasteiger partial charge in [0.15, 0.2) is 5.03 Å². The van der Waals surface area contributed by atoms with Gasteiger partial charge in [-0.3, -0.25) is 4.79 Å². The van der Waals surface area contributed by atoms with Crippen LogP contribution in [-0.4, -0.2) is 53.4 Å². The van der Waals surface area contributed by atoms with Gasteiger partial charge in [-0.25, -0.2) is 13.4 Å². The zero-order valence-electron chi connectivity index (χ0n) is 16.6. The number of rotatable bonds is 7. The van der Waals surface area contributed by atoms with E-state index in [2.05, 4.69) is 10.3 Å². The number of aryl methyl sites for hydroxylation is 2. The Hall–Kier alpha value is -1.16. The fourth-order valence-electron chi connectivity index (χ4n) is 3.05. The summed E-state index contributed by atoms with van der Waals surface area (Å²) >= 11 is 0. The van der Waals surface area contributed by atoms with E-state index in [9.17, 15) is 13.2 Å². The van der Waals surface area contributed by atoms with E-state index in [1.54, 1.807) is 18.5 Å². The van der Waals surface area contributed by atoms with Crippen LogP contribution in [0.1, 0.15) is 45.4 Å². The molecule has 0 spiro atoms. The fourth-order valence-corrected chi connectivity index (χ4v) is 4.54. The van der Waals surface area contributed by atoms with Crippen LogP contribution in [0, 0.1) is 12.8 Å². The third-order valence-corrected chi connectivity index (χ3v) is 7.31. The number of piperidine rings is 1. The average Bonchev–Trinajstić information content (AvgIpc) is 2.99. The van der Waals surface area contributed by atoms with Gasteiger partial charge in [-0.2, -0.15) is 4.31 Å². The Morgan fingerprint density at radius 3 is 2.33 bits per heavy atom. The molecule has 2 rings (SSSR count). The van der Waals surface area contributed by atoms with E-state index >= 15 is 0 Å². The number of aromatic nitrogens is 2. The van der Waals surface area contributed by atoms with Gasteiger partial charge in [0.2, 0.25) is 5.91 Å². The van der Waals surface area contributed by atoms with Crippen molar-refractivity contribution < 1.29 is 13.2 Å². The number of amides is 1. The number of hydrogen-bond donors (Lipinski definition) is 2. The first-order chi connectivity index (χ1) is 12.1. The third-order valence-electron chi connectivity index (χ3n) is 5.54. The monoisotopic (exact) mass is 421 g/mol. The molecule has 1 aliphatic rings. The molecule has 0 radical (unpaired) electrons. The lowest BCUT2D eigenvalue weighted by molar-refractivity contribution is -0.126. The molecular formula is C17H32ClN5O3S. The largest absolute Gasteiger partial charge is 0.354 e. The van der Waals surface area contributed by atoms with E-state index in [1.807, 2.05) is 13.8 Å². The lowest BCUT2D eigenvalue weighted by Gasteiger charge is -2.32. The Bertz CT molecular complexity index is 718. The second-order valence-corrected chi connectivity index (χ2v) is 9.09. The van der Waals surface area contributed by atoms with Crippen molar-refractivity contribution >= 4 is 28.3 Å². The quantitative estimate of drug-likeness (QED) is 0.686. The highest BCUT2D eigenvalue weighted by molar-refractivity contribution is 7.89. The number of halogens is 1. The van der Waals surface area contributed by atoms with Gasteiger partial charge in [-0.15, -0.1) is 12.4 Å². The molecule has 2 heterocycles. The van der Waals surface area contributed by atoms with E-state index in [1.165, 1.54) is 10.5 Å². The van der Waals surface area contributed by atoms with E-state index in [0.29, 0.717) is 38.3 Å². The van der Waals surface area contributed by atoms with E-state index in [4.69, 9.17) is 5.73 Å². The Morgan fingerprint density at radius 1 is 1.33 bits per heavy atom. The summed E-state index contributed by atoms with van der Waals surface area (Å²) in [6, 6.07) is 0. The number of nitrogens with one attached hydrogen (secondary N) is 1. The number of sulfonamides is 1. The van der Waals surface area contributed by atoms with Gasteiger partial charge in [0.05, 0.1) is 0 Å². The normalized spacial score (nSPS) is 16.8. The molecule has 156 valence electrons. The summed E-state index contributed by atoms with van der Waals surface area (Å²) in [4.78, 5) is 16.5.